The zero-order valence-electron chi connectivity index (χ0n) is 8.08. The molecule has 1 rings (SSSR count). The van der Waals surface area contributed by atoms with Gasteiger partial charge in [-0.1, -0.05) is 12.5 Å². The van der Waals surface area contributed by atoms with Gasteiger partial charge >= 0.3 is 5.97 Å². The monoisotopic (exact) mass is 197 g/mol. The van der Waals surface area contributed by atoms with Crippen molar-refractivity contribution in [2.45, 2.75) is 25.7 Å². The first kappa shape index (κ1) is 10.8. The maximum Gasteiger partial charge on any atom is 0.319 e. The third-order valence-corrected chi connectivity index (χ3v) is 2.69. The highest BCUT2D eigenvalue weighted by atomic mass is 16.4. The van der Waals surface area contributed by atoms with Crippen LogP contribution in [0.1, 0.15) is 25.7 Å². The molecule has 0 saturated heterocycles. The van der Waals surface area contributed by atoms with Gasteiger partial charge in [0, 0.05) is 6.54 Å². The van der Waals surface area contributed by atoms with Gasteiger partial charge in [0.05, 0.1) is 0 Å². The van der Waals surface area contributed by atoms with Gasteiger partial charge in [-0.15, -0.1) is 6.58 Å². The highest BCUT2D eigenvalue weighted by molar-refractivity contribution is 6.02. The number of carbonyl (C=O) groups excluding carboxylic acids is 1. The van der Waals surface area contributed by atoms with Crippen LogP contribution < -0.4 is 5.32 Å². The van der Waals surface area contributed by atoms with Crippen LogP contribution in [0.3, 0.4) is 0 Å². The molecule has 0 atom stereocenters. The summed E-state index contributed by atoms with van der Waals surface area (Å²) < 4.78 is 0. The fourth-order valence-corrected chi connectivity index (χ4v) is 1.53. The second-order valence-electron chi connectivity index (χ2n) is 3.57. The Morgan fingerprint density at radius 3 is 2.50 bits per heavy atom. The van der Waals surface area contributed by atoms with Crippen LogP contribution in [0.25, 0.3) is 0 Å². The minimum Gasteiger partial charge on any atom is -0.480 e. The van der Waals surface area contributed by atoms with Crippen molar-refractivity contribution in [3.8, 4) is 0 Å². The Morgan fingerprint density at radius 1 is 1.50 bits per heavy atom. The zero-order valence-corrected chi connectivity index (χ0v) is 8.08. The number of carboxylic acids is 1. The predicted molar refractivity (Wildman–Crippen MR) is 51.7 cm³/mol. The molecule has 1 aliphatic carbocycles. The van der Waals surface area contributed by atoms with Crippen LogP contribution >= 0.6 is 0 Å². The summed E-state index contributed by atoms with van der Waals surface area (Å²) in [5.74, 6) is -1.35. The molecule has 1 amide bonds. The van der Waals surface area contributed by atoms with Crippen molar-refractivity contribution in [2.24, 2.45) is 5.41 Å². The van der Waals surface area contributed by atoms with Gasteiger partial charge in [-0.05, 0) is 19.3 Å². The van der Waals surface area contributed by atoms with E-state index in [1.54, 1.807) is 6.08 Å². The molecule has 0 aromatic carbocycles. The molecular formula is C10H15NO3. The van der Waals surface area contributed by atoms with Crippen LogP contribution in [-0.2, 0) is 9.59 Å². The molecule has 0 unspecified atom stereocenters. The Balaban J connectivity index is 2.49. The van der Waals surface area contributed by atoms with Crippen molar-refractivity contribution in [1.29, 1.82) is 0 Å². The number of hydrogen-bond donors (Lipinski definition) is 2. The van der Waals surface area contributed by atoms with Crippen LogP contribution in [-0.4, -0.2) is 23.5 Å². The molecule has 2 N–H and O–H groups in total. The van der Waals surface area contributed by atoms with Crippen LogP contribution in [0.5, 0.6) is 0 Å². The molecular weight excluding hydrogens is 182 g/mol. The second kappa shape index (κ2) is 4.26. The fourth-order valence-electron chi connectivity index (χ4n) is 1.53. The Hall–Kier alpha value is -1.32. The summed E-state index contributed by atoms with van der Waals surface area (Å²) in [4.78, 5) is 22.4. The van der Waals surface area contributed by atoms with E-state index in [-0.39, 0.29) is 5.91 Å². The summed E-state index contributed by atoms with van der Waals surface area (Å²) in [5, 5.41) is 11.5. The first-order valence-electron chi connectivity index (χ1n) is 4.76. The van der Waals surface area contributed by atoms with Gasteiger partial charge in [-0.3, -0.25) is 9.59 Å². The Kier molecular flexibility index (Phi) is 3.28. The molecule has 0 aromatic rings. The van der Waals surface area contributed by atoms with E-state index in [1.807, 2.05) is 0 Å². The molecule has 0 aromatic heterocycles. The van der Waals surface area contributed by atoms with Gasteiger partial charge < -0.3 is 10.4 Å². The summed E-state index contributed by atoms with van der Waals surface area (Å²) in [7, 11) is 0. The summed E-state index contributed by atoms with van der Waals surface area (Å²) >= 11 is 0. The average molecular weight is 197 g/mol. The number of nitrogens with one attached hydrogen (secondary N) is 1. The van der Waals surface area contributed by atoms with E-state index in [0.29, 0.717) is 25.8 Å². The molecule has 4 heteroatoms. The molecule has 78 valence electrons. The normalized spacial score (nSPS) is 18.0. The summed E-state index contributed by atoms with van der Waals surface area (Å²) in [6.45, 7) is 3.99. The smallest absolute Gasteiger partial charge is 0.319 e. The van der Waals surface area contributed by atoms with Crippen LogP contribution in [0.2, 0.25) is 0 Å². The van der Waals surface area contributed by atoms with Crippen LogP contribution in [0.4, 0.5) is 0 Å². The van der Waals surface area contributed by atoms with E-state index >= 15 is 0 Å². The molecule has 0 heterocycles. The standard InChI is InChI=1S/C10H15NO3/c1-2-3-7-11-8(12)10(9(13)14)5-4-6-10/h2H,1,3-7H2,(H,11,12)(H,13,14). The van der Waals surface area contributed by atoms with Crippen molar-refractivity contribution in [3.63, 3.8) is 0 Å². The first-order chi connectivity index (χ1) is 6.63. The highest BCUT2D eigenvalue weighted by Gasteiger charge is 2.50. The number of amides is 1. The third-order valence-electron chi connectivity index (χ3n) is 2.69. The van der Waals surface area contributed by atoms with Gasteiger partial charge in [0.25, 0.3) is 0 Å². The molecule has 0 bridgehead atoms. The topological polar surface area (TPSA) is 66.4 Å². The van der Waals surface area contributed by atoms with Crippen LogP contribution in [0, 0.1) is 5.41 Å². The molecule has 0 radical (unpaired) electrons. The predicted octanol–water partition coefficient (Wildman–Crippen LogP) is 0.934. The number of hydrogen-bond acceptors (Lipinski definition) is 2. The fraction of sp³-hybridized carbons (Fsp3) is 0.600. The third kappa shape index (κ3) is 1.78. The van der Waals surface area contributed by atoms with Gasteiger partial charge in [0.2, 0.25) is 5.91 Å². The maximum absolute atomic E-state index is 11.5. The molecule has 0 aliphatic heterocycles. The SMILES string of the molecule is C=CCCNC(=O)C1(C(=O)O)CCC1. The van der Waals surface area contributed by atoms with Crippen LogP contribution in [0.15, 0.2) is 12.7 Å². The summed E-state index contributed by atoms with van der Waals surface area (Å²) in [6.07, 6.45) is 4.10. The summed E-state index contributed by atoms with van der Waals surface area (Å²) in [5.41, 5.74) is -1.14. The van der Waals surface area contributed by atoms with Gasteiger partial charge in [-0.2, -0.15) is 0 Å². The lowest BCUT2D eigenvalue weighted by Crippen LogP contribution is -2.51. The largest absolute Gasteiger partial charge is 0.480 e. The van der Waals surface area contributed by atoms with Crippen molar-refractivity contribution in [1.82, 2.24) is 5.32 Å². The summed E-state index contributed by atoms with van der Waals surface area (Å²) in [6, 6.07) is 0. The molecule has 1 fully saturated rings. The number of rotatable bonds is 5. The van der Waals surface area contributed by atoms with Crippen molar-refractivity contribution < 1.29 is 14.7 Å². The zero-order chi connectivity index (χ0) is 10.6. The lowest BCUT2D eigenvalue weighted by atomic mass is 9.68. The number of carboxylic acid groups (broad SMARTS) is 1. The van der Waals surface area contributed by atoms with E-state index in [9.17, 15) is 9.59 Å². The molecule has 4 nitrogen and oxygen atoms in total. The molecule has 0 spiro atoms. The highest BCUT2D eigenvalue weighted by Crippen LogP contribution is 2.41. The number of aliphatic carboxylic acids is 1. The Morgan fingerprint density at radius 2 is 2.14 bits per heavy atom. The minimum atomic E-state index is -1.14. The maximum atomic E-state index is 11.5. The van der Waals surface area contributed by atoms with E-state index < -0.39 is 11.4 Å². The van der Waals surface area contributed by atoms with E-state index in [4.69, 9.17) is 5.11 Å². The van der Waals surface area contributed by atoms with Crippen molar-refractivity contribution in [3.05, 3.63) is 12.7 Å². The van der Waals surface area contributed by atoms with E-state index in [2.05, 4.69) is 11.9 Å². The molecule has 1 aliphatic rings. The quantitative estimate of drug-likeness (QED) is 0.391. The van der Waals surface area contributed by atoms with Gasteiger partial charge in [0.1, 0.15) is 5.41 Å². The van der Waals surface area contributed by atoms with E-state index in [1.165, 1.54) is 0 Å². The lowest BCUT2D eigenvalue weighted by molar-refractivity contribution is -0.162. The van der Waals surface area contributed by atoms with Crippen molar-refractivity contribution in [2.75, 3.05) is 6.54 Å². The average Bonchev–Trinajstić information content (AvgIpc) is 2.01. The number of carbonyl (C=O) groups is 2. The molecule has 14 heavy (non-hydrogen) atoms. The van der Waals surface area contributed by atoms with E-state index in [0.717, 1.165) is 6.42 Å². The first-order valence-corrected chi connectivity index (χ1v) is 4.76. The minimum absolute atomic E-state index is 0.349. The lowest BCUT2D eigenvalue weighted by Gasteiger charge is -2.35. The van der Waals surface area contributed by atoms with Gasteiger partial charge in [0.15, 0.2) is 0 Å². The molecule has 1 saturated carbocycles. The van der Waals surface area contributed by atoms with Crippen molar-refractivity contribution >= 4 is 11.9 Å². The Labute approximate surface area is 83.0 Å². The Bertz CT molecular complexity index is 256. The van der Waals surface area contributed by atoms with Gasteiger partial charge in [-0.25, -0.2) is 0 Å². The second-order valence-corrected chi connectivity index (χ2v) is 3.57.